The van der Waals surface area contributed by atoms with Crippen LogP contribution in [0.2, 0.25) is 0 Å². The summed E-state index contributed by atoms with van der Waals surface area (Å²) >= 11 is 0. The number of likely N-dealkylation sites (tertiary alicyclic amines) is 1. The fraction of sp³-hybridized carbons (Fsp3) is 1.00. The minimum atomic E-state index is 0.671. The first kappa shape index (κ1) is 12.4. The highest BCUT2D eigenvalue weighted by Crippen LogP contribution is 2.38. The highest BCUT2D eigenvalue weighted by atomic mass is 15.2. The van der Waals surface area contributed by atoms with Gasteiger partial charge in [0.25, 0.3) is 0 Å². The lowest BCUT2D eigenvalue weighted by Crippen LogP contribution is -2.42. The molecule has 0 spiro atoms. The Morgan fingerprint density at radius 1 is 1.19 bits per heavy atom. The van der Waals surface area contributed by atoms with Crippen molar-refractivity contribution in [3.63, 3.8) is 0 Å². The lowest BCUT2D eigenvalue weighted by atomic mass is 10.0. The summed E-state index contributed by atoms with van der Waals surface area (Å²) in [5.41, 5.74) is 0. The van der Waals surface area contributed by atoms with Crippen molar-refractivity contribution in [3.05, 3.63) is 0 Å². The van der Waals surface area contributed by atoms with E-state index < -0.39 is 0 Å². The first-order chi connectivity index (χ1) is 7.70. The fourth-order valence-electron chi connectivity index (χ4n) is 3.28. The van der Waals surface area contributed by atoms with Crippen LogP contribution in [-0.4, -0.2) is 36.6 Å². The molecule has 94 valence electrons. The molecular formula is C14H28N2. The first-order valence-corrected chi connectivity index (χ1v) is 7.18. The Bertz CT molecular complexity index is 205. The molecule has 0 aromatic heterocycles. The van der Waals surface area contributed by atoms with Crippen molar-refractivity contribution in [1.82, 2.24) is 10.2 Å². The Balaban J connectivity index is 1.72. The maximum absolute atomic E-state index is 3.63. The molecule has 1 aliphatic carbocycles. The number of nitrogens with zero attached hydrogens (tertiary/aromatic N) is 1. The molecule has 2 nitrogen and oxygen atoms in total. The smallest absolute Gasteiger partial charge is 0.0192 e. The van der Waals surface area contributed by atoms with E-state index in [-0.39, 0.29) is 0 Å². The third-order valence-electron chi connectivity index (χ3n) is 4.75. The van der Waals surface area contributed by atoms with Crippen molar-refractivity contribution >= 4 is 0 Å². The van der Waals surface area contributed by atoms with Gasteiger partial charge in [-0.25, -0.2) is 0 Å². The van der Waals surface area contributed by atoms with Gasteiger partial charge in [-0.05, 0) is 44.9 Å². The summed E-state index contributed by atoms with van der Waals surface area (Å²) in [5, 5.41) is 3.63. The van der Waals surface area contributed by atoms with Gasteiger partial charge in [0.2, 0.25) is 0 Å². The predicted octanol–water partition coefficient (Wildman–Crippen LogP) is 2.49. The van der Waals surface area contributed by atoms with Crippen molar-refractivity contribution in [1.29, 1.82) is 0 Å². The average molecular weight is 224 g/mol. The van der Waals surface area contributed by atoms with Crippen molar-refractivity contribution in [3.8, 4) is 0 Å². The molecule has 4 atom stereocenters. The highest BCUT2D eigenvalue weighted by molar-refractivity contribution is 4.90. The van der Waals surface area contributed by atoms with E-state index in [0.717, 1.165) is 24.4 Å². The summed E-state index contributed by atoms with van der Waals surface area (Å²) in [5.74, 6) is 2.07. The van der Waals surface area contributed by atoms with Gasteiger partial charge in [0.15, 0.2) is 0 Å². The molecule has 0 radical (unpaired) electrons. The summed E-state index contributed by atoms with van der Waals surface area (Å²) < 4.78 is 0. The molecule has 0 aromatic rings. The Morgan fingerprint density at radius 2 is 1.81 bits per heavy atom. The van der Waals surface area contributed by atoms with E-state index in [1.807, 2.05) is 0 Å². The molecule has 2 rings (SSSR count). The van der Waals surface area contributed by atoms with Crippen LogP contribution < -0.4 is 5.32 Å². The van der Waals surface area contributed by atoms with E-state index in [0.29, 0.717) is 6.04 Å². The Labute approximate surface area is 101 Å². The van der Waals surface area contributed by atoms with Crippen molar-refractivity contribution in [2.75, 3.05) is 19.6 Å². The van der Waals surface area contributed by atoms with Gasteiger partial charge in [-0.15, -0.1) is 0 Å². The molecule has 16 heavy (non-hydrogen) atoms. The zero-order valence-electron chi connectivity index (χ0n) is 11.2. The second-order valence-electron chi connectivity index (χ2n) is 5.97. The van der Waals surface area contributed by atoms with Gasteiger partial charge in [-0.2, -0.15) is 0 Å². The fourth-order valence-corrected chi connectivity index (χ4v) is 3.28. The average Bonchev–Trinajstić information content (AvgIpc) is 2.85. The summed E-state index contributed by atoms with van der Waals surface area (Å²) in [6.45, 7) is 10.8. The van der Waals surface area contributed by atoms with Crippen LogP contribution in [0.25, 0.3) is 0 Å². The maximum Gasteiger partial charge on any atom is 0.0192 e. The monoisotopic (exact) mass is 224 g/mol. The molecule has 1 saturated heterocycles. The van der Waals surface area contributed by atoms with Gasteiger partial charge >= 0.3 is 0 Å². The number of rotatable bonds is 5. The van der Waals surface area contributed by atoms with E-state index in [4.69, 9.17) is 0 Å². The van der Waals surface area contributed by atoms with Gasteiger partial charge in [0.1, 0.15) is 0 Å². The minimum absolute atomic E-state index is 0.671. The van der Waals surface area contributed by atoms with Gasteiger partial charge in [0, 0.05) is 31.7 Å². The molecule has 2 heteroatoms. The van der Waals surface area contributed by atoms with Crippen LogP contribution in [0.5, 0.6) is 0 Å². The molecule has 1 saturated carbocycles. The Morgan fingerprint density at radius 3 is 2.38 bits per heavy atom. The summed E-state index contributed by atoms with van der Waals surface area (Å²) in [7, 11) is 0. The first-order valence-electron chi connectivity index (χ1n) is 7.18. The third kappa shape index (κ3) is 2.78. The minimum Gasteiger partial charge on any atom is -0.313 e. The van der Waals surface area contributed by atoms with Crippen LogP contribution in [-0.2, 0) is 0 Å². The van der Waals surface area contributed by atoms with Gasteiger partial charge in [-0.1, -0.05) is 13.3 Å². The zero-order chi connectivity index (χ0) is 11.5. The van der Waals surface area contributed by atoms with Crippen molar-refractivity contribution in [2.24, 2.45) is 11.8 Å². The lowest BCUT2D eigenvalue weighted by molar-refractivity contribution is 0.228. The van der Waals surface area contributed by atoms with E-state index in [9.17, 15) is 0 Å². The van der Waals surface area contributed by atoms with Crippen molar-refractivity contribution < 1.29 is 0 Å². The molecule has 2 fully saturated rings. The third-order valence-corrected chi connectivity index (χ3v) is 4.75. The summed E-state index contributed by atoms with van der Waals surface area (Å²) in [6, 6.07) is 1.39. The molecular weight excluding hydrogens is 196 g/mol. The second-order valence-corrected chi connectivity index (χ2v) is 5.97. The summed E-state index contributed by atoms with van der Waals surface area (Å²) in [6.07, 6.45) is 5.71. The zero-order valence-corrected chi connectivity index (χ0v) is 11.2. The number of nitrogens with one attached hydrogen (secondary N) is 1. The Kier molecular flexibility index (Phi) is 4.26. The summed E-state index contributed by atoms with van der Waals surface area (Å²) in [4.78, 5) is 2.71. The van der Waals surface area contributed by atoms with Gasteiger partial charge < -0.3 is 5.32 Å². The molecule has 1 heterocycles. The molecule has 2 aliphatic rings. The molecule has 0 aromatic carbocycles. The van der Waals surface area contributed by atoms with Gasteiger partial charge in [0.05, 0.1) is 0 Å². The predicted molar refractivity (Wildman–Crippen MR) is 69.6 cm³/mol. The normalized spacial score (nSPS) is 33.9. The molecule has 0 bridgehead atoms. The van der Waals surface area contributed by atoms with Gasteiger partial charge in [-0.3, -0.25) is 4.90 Å². The lowest BCUT2D eigenvalue weighted by Gasteiger charge is -2.26. The van der Waals surface area contributed by atoms with Crippen LogP contribution in [0, 0.1) is 11.8 Å². The maximum atomic E-state index is 3.63. The van der Waals surface area contributed by atoms with E-state index >= 15 is 0 Å². The molecule has 0 amide bonds. The largest absolute Gasteiger partial charge is 0.313 e. The number of fused-ring (bicyclic) bond motifs is 1. The van der Waals surface area contributed by atoms with E-state index in [1.54, 1.807) is 0 Å². The molecule has 1 aliphatic heterocycles. The van der Waals surface area contributed by atoms with Crippen LogP contribution in [0.15, 0.2) is 0 Å². The van der Waals surface area contributed by atoms with E-state index in [2.05, 4.69) is 31.0 Å². The van der Waals surface area contributed by atoms with E-state index in [1.165, 1.54) is 38.8 Å². The number of hydrogen-bond acceptors (Lipinski definition) is 2. The topological polar surface area (TPSA) is 15.3 Å². The standard InChI is InChI=1S/C14H28N2/c1-4-11(2)15-8-12(3)16-9-13-6-5-7-14(13)10-16/h11-15H,4-10H2,1-3H3. The molecule has 4 unspecified atom stereocenters. The van der Waals surface area contributed by atoms with Crippen LogP contribution in [0.4, 0.5) is 0 Å². The van der Waals surface area contributed by atoms with Crippen LogP contribution in [0.1, 0.15) is 46.5 Å². The SMILES string of the molecule is CCC(C)NCC(C)N1CC2CCCC2C1. The second kappa shape index (κ2) is 5.50. The highest BCUT2D eigenvalue weighted by Gasteiger charge is 2.37. The number of hydrogen-bond donors (Lipinski definition) is 1. The molecule has 1 N–H and O–H groups in total. The Hall–Kier alpha value is -0.0800. The quantitative estimate of drug-likeness (QED) is 0.772. The van der Waals surface area contributed by atoms with Crippen molar-refractivity contribution in [2.45, 2.75) is 58.5 Å². The van der Waals surface area contributed by atoms with Crippen LogP contribution >= 0.6 is 0 Å². The van der Waals surface area contributed by atoms with Crippen LogP contribution in [0.3, 0.4) is 0 Å².